The average molecular weight is 122 g/mol. The van der Waals surface area contributed by atoms with E-state index in [1.807, 2.05) is 0 Å². The van der Waals surface area contributed by atoms with Crippen molar-refractivity contribution in [2.75, 3.05) is 13.2 Å². The summed E-state index contributed by atoms with van der Waals surface area (Å²) in [5, 5.41) is 24.6. The van der Waals surface area contributed by atoms with Gasteiger partial charge in [0.05, 0.1) is 13.2 Å². The van der Waals surface area contributed by atoms with Crippen molar-refractivity contribution in [3.05, 3.63) is 0 Å². The molecular weight excluding hydrogens is 112 g/mol. The van der Waals surface area contributed by atoms with Crippen LogP contribution in [0.15, 0.2) is 0 Å². The number of hydrogen-bond donors (Lipinski definition) is 3. The highest BCUT2D eigenvalue weighted by Gasteiger charge is 2.22. The third-order valence-corrected chi connectivity index (χ3v) is 0.889. The highest BCUT2D eigenvalue weighted by molar-refractivity contribution is 4.69. The first-order valence-corrected chi connectivity index (χ1v) is 2.23. The molecule has 0 atom stereocenters. The van der Waals surface area contributed by atoms with Crippen molar-refractivity contribution >= 4 is 0 Å². The lowest BCUT2D eigenvalue weighted by Gasteiger charge is -2.18. The Morgan fingerprint density at radius 2 is 1.75 bits per heavy atom. The lowest BCUT2D eigenvalue weighted by molar-refractivity contribution is -0.332. The van der Waals surface area contributed by atoms with Gasteiger partial charge in [-0.05, 0) is 6.92 Å². The Morgan fingerprint density at radius 3 is 1.75 bits per heavy atom. The molecule has 0 rings (SSSR count). The average Bonchev–Trinajstić information content (AvgIpc) is 1.87. The monoisotopic (exact) mass is 122 g/mol. The molecule has 0 saturated heterocycles. The summed E-state index contributed by atoms with van der Waals surface area (Å²) in [4.78, 5) is 3.74. The zero-order chi connectivity index (χ0) is 6.62. The Bertz CT molecular complexity index is 50.8. The lowest BCUT2D eigenvalue weighted by Crippen LogP contribution is -2.36. The van der Waals surface area contributed by atoms with Crippen LogP contribution >= 0.6 is 0 Å². The summed E-state index contributed by atoms with van der Waals surface area (Å²) < 4.78 is 0. The van der Waals surface area contributed by atoms with Crippen LogP contribution in [0.4, 0.5) is 0 Å². The quantitative estimate of drug-likeness (QED) is 0.339. The molecule has 0 aromatic carbocycles. The Kier molecular flexibility index (Phi) is 2.93. The van der Waals surface area contributed by atoms with Gasteiger partial charge in [-0.15, -0.1) is 0 Å². The van der Waals surface area contributed by atoms with Crippen LogP contribution in [0.2, 0.25) is 0 Å². The van der Waals surface area contributed by atoms with Crippen molar-refractivity contribution in [1.29, 1.82) is 0 Å². The second-order valence-corrected chi connectivity index (χ2v) is 1.86. The summed E-state index contributed by atoms with van der Waals surface area (Å²) >= 11 is 0. The maximum absolute atomic E-state index is 8.34. The van der Waals surface area contributed by atoms with Crippen LogP contribution in [0.5, 0.6) is 0 Å². The summed E-state index contributed by atoms with van der Waals surface area (Å²) in [7, 11) is 0. The van der Waals surface area contributed by atoms with Crippen molar-refractivity contribution in [3.63, 3.8) is 0 Å². The number of rotatable bonds is 3. The first-order valence-electron chi connectivity index (χ1n) is 2.23. The van der Waals surface area contributed by atoms with Gasteiger partial charge in [0.25, 0.3) is 0 Å². The van der Waals surface area contributed by atoms with Crippen LogP contribution in [0.25, 0.3) is 0 Å². The number of aliphatic hydroxyl groups is 2. The number of aliphatic hydroxyl groups excluding tert-OH is 2. The molecule has 0 unspecified atom stereocenters. The van der Waals surface area contributed by atoms with E-state index < -0.39 is 18.8 Å². The molecular formula is C4H10O4. The topological polar surface area (TPSA) is 69.9 Å². The molecule has 0 fully saturated rings. The molecule has 0 spiro atoms. The minimum Gasteiger partial charge on any atom is -0.393 e. The Balaban J connectivity index is 3.58. The Hall–Kier alpha value is -0.160. The normalized spacial score (nSPS) is 12.0. The van der Waals surface area contributed by atoms with E-state index in [0.717, 1.165) is 0 Å². The lowest BCUT2D eigenvalue weighted by atomic mass is 10.1. The minimum atomic E-state index is -1.21. The van der Waals surface area contributed by atoms with E-state index in [9.17, 15) is 0 Å². The minimum absolute atomic E-state index is 0.403. The summed E-state index contributed by atoms with van der Waals surface area (Å²) in [6.45, 7) is 0.576. The SMILES string of the molecule is CC(CO)(CO)OO. The highest BCUT2D eigenvalue weighted by atomic mass is 17.1. The first-order chi connectivity index (χ1) is 3.68. The van der Waals surface area contributed by atoms with E-state index >= 15 is 0 Å². The molecule has 0 aliphatic rings. The van der Waals surface area contributed by atoms with Crippen molar-refractivity contribution in [1.82, 2.24) is 0 Å². The standard InChI is InChI=1S/C4H10O4/c1-4(2-5,3-6)8-7/h5-7H,2-3H2,1H3. The van der Waals surface area contributed by atoms with Gasteiger partial charge in [-0.1, -0.05) is 0 Å². The summed E-state index contributed by atoms with van der Waals surface area (Å²) in [6.07, 6.45) is 0. The molecule has 4 heteroatoms. The summed E-state index contributed by atoms with van der Waals surface area (Å²) in [6, 6.07) is 0. The molecule has 0 amide bonds. The second kappa shape index (κ2) is 2.99. The predicted octanol–water partition coefficient (Wildman–Crippen LogP) is -0.781. The van der Waals surface area contributed by atoms with E-state index in [0.29, 0.717) is 0 Å². The van der Waals surface area contributed by atoms with Gasteiger partial charge in [0, 0.05) is 0 Å². The van der Waals surface area contributed by atoms with Gasteiger partial charge >= 0.3 is 0 Å². The van der Waals surface area contributed by atoms with E-state index in [1.165, 1.54) is 6.92 Å². The molecule has 50 valence electrons. The van der Waals surface area contributed by atoms with Gasteiger partial charge in [0.2, 0.25) is 0 Å². The van der Waals surface area contributed by atoms with Crippen molar-refractivity contribution in [2.24, 2.45) is 0 Å². The molecule has 0 bridgehead atoms. The van der Waals surface area contributed by atoms with Crippen LogP contribution in [0, 0.1) is 0 Å². The van der Waals surface area contributed by atoms with Gasteiger partial charge in [0.15, 0.2) is 0 Å². The fourth-order valence-corrected chi connectivity index (χ4v) is 0.108. The molecule has 0 saturated carbocycles. The third kappa shape index (κ3) is 1.75. The van der Waals surface area contributed by atoms with Crippen molar-refractivity contribution in [2.45, 2.75) is 12.5 Å². The smallest absolute Gasteiger partial charge is 0.146 e. The summed E-state index contributed by atoms with van der Waals surface area (Å²) in [5.74, 6) is 0. The van der Waals surface area contributed by atoms with Gasteiger partial charge in [0.1, 0.15) is 5.60 Å². The zero-order valence-corrected chi connectivity index (χ0v) is 4.66. The summed E-state index contributed by atoms with van der Waals surface area (Å²) in [5.41, 5.74) is -1.21. The molecule has 3 N–H and O–H groups in total. The highest BCUT2D eigenvalue weighted by Crippen LogP contribution is 2.04. The molecule has 0 aromatic rings. The maximum Gasteiger partial charge on any atom is 0.146 e. The van der Waals surface area contributed by atoms with Crippen LogP contribution < -0.4 is 0 Å². The van der Waals surface area contributed by atoms with Crippen LogP contribution in [-0.2, 0) is 4.89 Å². The Labute approximate surface area is 47.3 Å². The van der Waals surface area contributed by atoms with E-state index in [-0.39, 0.29) is 0 Å². The van der Waals surface area contributed by atoms with Gasteiger partial charge in [-0.2, -0.15) is 0 Å². The largest absolute Gasteiger partial charge is 0.393 e. The van der Waals surface area contributed by atoms with Gasteiger partial charge in [-0.3, -0.25) is 5.26 Å². The first kappa shape index (κ1) is 7.84. The molecule has 8 heavy (non-hydrogen) atoms. The molecule has 0 radical (unpaired) electrons. The third-order valence-electron chi connectivity index (χ3n) is 0.889. The van der Waals surface area contributed by atoms with E-state index in [1.54, 1.807) is 0 Å². The van der Waals surface area contributed by atoms with Crippen LogP contribution in [-0.4, -0.2) is 34.3 Å². The molecule has 0 aromatic heterocycles. The van der Waals surface area contributed by atoms with Crippen LogP contribution in [0.3, 0.4) is 0 Å². The van der Waals surface area contributed by atoms with Crippen LogP contribution in [0.1, 0.15) is 6.92 Å². The fourth-order valence-electron chi connectivity index (χ4n) is 0.108. The Morgan fingerprint density at radius 1 is 1.38 bits per heavy atom. The molecule has 0 aliphatic carbocycles. The van der Waals surface area contributed by atoms with Crippen molar-refractivity contribution in [3.8, 4) is 0 Å². The molecule has 0 aliphatic heterocycles. The molecule has 0 heterocycles. The van der Waals surface area contributed by atoms with Gasteiger partial charge in [-0.25, -0.2) is 4.89 Å². The maximum atomic E-state index is 8.34. The van der Waals surface area contributed by atoms with Crippen molar-refractivity contribution < 1.29 is 20.4 Å². The van der Waals surface area contributed by atoms with E-state index in [2.05, 4.69) is 4.89 Å². The van der Waals surface area contributed by atoms with E-state index in [4.69, 9.17) is 15.5 Å². The molecule has 4 nitrogen and oxygen atoms in total. The number of hydrogen-bond acceptors (Lipinski definition) is 4. The predicted molar refractivity (Wildman–Crippen MR) is 26.3 cm³/mol. The zero-order valence-electron chi connectivity index (χ0n) is 4.66. The fraction of sp³-hybridized carbons (Fsp3) is 1.00. The second-order valence-electron chi connectivity index (χ2n) is 1.86. The van der Waals surface area contributed by atoms with Gasteiger partial charge < -0.3 is 10.2 Å².